The highest BCUT2D eigenvalue weighted by molar-refractivity contribution is 5.87. The molecule has 2 heterocycles. The van der Waals surface area contributed by atoms with Crippen molar-refractivity contribution in [3.63, 3.8) is 0 Å². The van der Waals surface area contributed by atoms with E-state index in [9.17, 15) is 14.0 Å². The number of nitrogens with one attached hydrogen (secondary N) is 1. The number of carbonyl (C=O) groups excluding carboxylic acids is 2. The van der Waals surface area contributed by atoms with Crippen molar-refractivity contribution in [1.82, 2.24) is 20.0 Å². The van der Waals surface area contributed by atoms with Gasteiger partial charge in [0.2, 0.25) is 11.8 Å². The van der Waals surface area contributed by atoms with Crippen LogP contribution in [0.25, 0.3) is 0 Å². The van der Waals surface area contributed by atoms with Gasteiger partial charge >= 0.3 is 0 Å². The van der Waals surface area contributed by atoms with Crippen molar-refractivity contribution in [1.29, 1.82) is 0 Å². The van der Waals surface area contributed by atoms with Crippen LogP contribution in [0.15, 0.2) is 24.3 Å². The normalized spacial score (nSPS) is 22.6. The molecule has 6 nitrogen and oxygen atoms in total. The van der Waals surface area contributed by atoms with Gasteiger partial charge in [-0.15, -0.1) is 0 Å². The molecule has 2 aliphatic heterocycles. The fraction of sp³-hybridized carbons (Fsp3) is 0.636. The van der Waals surface area contributed by atoms with Gasteiger partial charge in [-0.1, -0.05) is 26.0 Å². The van der Waals surface area contributed by atoms with Crippen LogP contribution in [-0.4, -0.2) is 77.9 Å². The second-order valence-corrected chi connectivity index (χ2v) is 8.60. The third-order valence-electron chi connectivity index (χ3n) is 5.81. The van der Waals surface area contributed by atoms with Crippen LogP contribution in [0.1, 0.15) is 32.8 Å². The number of rotatable bonds is 6. The third-order valence-corrected chi connectivity index (χ3v) is 5.81. The molecule has 7 heteroatoms. The molecule has 2 atom stereocenters. The number of nitrogens with zero attached hydrogens (tertiary/aromatic N) is 3. The summed E-state index contributed by atoms with van der Waals surface area (Å²) in [6, 6.07) is 6.31. The topological polar surface area (TPSA) is 55.9 Å². The number of halogens is 1. The molecule has 160 valence electrons. The molecule has 2 saturated heterocycles. The van der Waals surface area contributed by atoms with Crippen LogP contribution in [0.3, 0.4) is 0 Å². The summed E-state index contributed by atoms with van der Waals surface area (Å²) < 4.78 is 13.3. The molecule has 1 aromatic carbocycles. The monoisotopic (exact) mass is 404 g/mol. The standard InChI is InChI=1S/C22H33FN4O2/c1-16(2)13-26(14-18-4-6-19(23)7-5-18)20-12-21(27(15-20)17(3)28)22(29)25-10-8-24-9-11-25/h4-7,16,20-21,24H,8-15H2,1-3H3. The lowest BCUT2D eigenvalue weighted by molar-refractivity contribution is -0.143. The van der Waals surface area contributed by atoms with Gasteiger partial charge in [-0.25, -0.2) is 4.39 Å². The summed E-state index contributed by atoms with van der Waals surface area (Å²) in [6.45, 7) is 11.0. The molecular formula is C22H33FN4O2. The first-order chi connectivity index (χ1) is 13.8. The van der Waals surface area contributed by atoms with E-state index in [-0.39, 0.29) is 23.7 Å². The maximum Gasteiger partial charge on any atom is 0.245 e. The first kappa shape index (κ1) is 21.7. The van der Waals surface area contributed by atoms with Crippen molar-refractivity contribution >= 4 is 11.8 Å². The Morgan fingerprint density at radius 1 is 1.21 bits per heavy atom. The van der Waals surface area contributed by atoms with Crippen LogP contribution >= 0.6 is 0 Å². The van der Waals surface area contributed by atoms with Crippen molar-refractivity contribution in [2.45, 2.75) is 45.8 Å². The van der Waals surface area contributed by atoms with Gasteiger partial charge in [-0.2, -0.15) is 0 Å². The lowest BCUT2D eigenvalue weighted by Crippen LogP contribution is -2.53. The first-order valence-electron chi connectivity index (χ1n) is 10.6. The lowest BCUT2D eigenvalue weighted by Gasteiger charge is -2.32. The number of hydrogen-bond donors (Lipinski definition) is 1. The predicted molar refractivity (Wildman–Crippen MR) is 111 cm³/mol. The summed E-state index contributed by atoms with van der Waals surface area (Å²) in [5.41, 5.74) is 1.04. The molecule has 0 aromatic heterocycles. The summed E-state index contributed by atoms with van der Waals surface area (Å²) >= 11 is 0. The van der Waals surface area contributed by atoms with Gasteiger partial charge in [0.05, 0.1) is 0 Å². The van der Waals surface area contributed by atoms with Crippen molar-refractivity contribution in [3.8, 4) is 0 Å². The number of piperazine rings is 1. The first-order valence-corrected chi connectivity index (χ1v) is 10.6. The van der Waals surface area contributed by atoms with E-state index in [0.29, 0.717) is 38.5 Å². The van der Waals surface area contributed by atoms with Gasteiger partial charge < -0.3 is 15.1 Å². The molecule has 3 rings (SSSR count). The maximum atomic E-state index is 13.3. The zero-order valence-electron chi connectivity index (χ0n) is 17.7. The summed E-state index contributed by atoms with van der Waals surface area (Å²) in [6.07, 6.45) is 0.649. The number of amides is 2. The lowest BCUT2D eigenvalue weighted by atomic mass is 10.1. The molecule has 2 fully saturated rings. The van der Waals surface area contributed by atoms with Crippen molar-refractivity contribution in [2.75, 3.05) is 39.3 Å². The highest BCUT2D eigenvalue weighted by Gasteiger charge is 2.42. The van der Waals surface area contributed by atoms with E-state index in [1.807, 2.05) is 17.0 Å². The van der Waals surface area contributed by atoms with Gasteiger partial charge in [-0.05, 0) is 30.0 Å². The maximum absolute atomic E-state index is 13.3. The molecule has 0 aliphatic carbocycles. The third kappa shape index (κ3) is 5.54. The number of hydrogen-bond acceptors (Lipinski definition) is 4. The second kappa shape index (κ2) is 9.67. The number of likely N-dealkylation sites (tertiary alicyclic amines) is 1. The van der Waals surface area contributed by atoms with Gasteiger partial charge in [0.15, 0.2) is 0 Å². The Morgan fingerprint density at radius 3 is 2.45 bits per heavy atom. The Kier molecular flexibility index (Phi) is 7.24. The Balaban J connectivity index is 1.75. The molecule has 0 bridgehead atoms. The van der Waals surface area contributed by atoms with E-state index in [2.05, 4.69) is 24.1 Å². The van der Waals surface area contributed by atoms with Crippen LogP contribution in [0.2, 0.25) is 0 Å². The van der Waals surface area contributed by atoms with Crippen molar-refractivity contribution in [2.24, 2.45) is 5.92 Å². The minimum Gasteiger partial charge on any atom is -0.338 e. The van der Waals surface area contributed by atoms with Gasteiger partial charge in [0.25, 0.3) is 0 Å². The van der Waals surface area contributed by atoms with E-state index in [1.165, 1.54) is 12.1 Å². The molecule has 0 saturated carbocycles. The number of benzene rings is 1. The van der Waals surface area contributed by atoms with Crippen LogP contribution in [0, 0.1) is 11.7 Å². The highest BCUT2D eigenvalue weighted by Crippen LogP contribution is 2.26. The Hall–Kier alpha value is -1.99. The van der Waals surface area contributed by atoms with Gasteiger partial charge in [0.1, 0.15) is 11.9 Å². The zero-order valence-corrected chi connectivity index (χ0v) is 17.7. The summed E-state index contributed by atoms with van der Waals surface area (Å²) in [5, 5.41) is 3.26. The van der Waals surface area contributed by atoms with Crippen LogP contribution < -0.4 is 5.32 Å². The molecule has 0 radical (unpaired) electrons. The van der Waals surface area contributed by atoms with Crippen molar-refractivity contribution in [3.05, 3.63) is 35.6 Å². The van der Waals surface area contributed by atoms with E-state index in [1.54, 1.807) is 11.8 Å². The Bertz CT molecular complexity index is 703. The molecule has 1 aromatic rings. The van der Waals surface area contributed by atoms with E-state index in [0.717, 1.165) is 25.2 Å². The molecule has 2 amide bonds. The molecule has 29 heavy (non-hydrogen) atoms. The van der Waals surface area contributed by atoms with Crippen LogP contribution in [-0.2, 0) is 16.1 Å². The average molecular weight is 405 g/mol. The fourth-order valence-corrected chi connectivity index (χ4v) is 4.39. The van der Waals surface area contributed by atoms with Gasteiger partial charge in [0, 0.05) is 58.8 Å². The average Bonchev–Trinajstić information content (AvgIpc) is 3.15. The smallest absolute Gasteiger partial charge is 0.245 e. The van der Waals surface area contributed by atoms with Gasteiger partial charge in [-0.3, -0.25) is 14.5 Å². The molecule has 1 N–H and O–H groups in total. The minimum atomic E-state index is -0.390. The van der Waals surface area contributed by atoms with Crippen LogP contribution in [0.4, 0.5) is 4.39 Å². The fourth-order valence-electron chi connectivity index (χ4n) is 4.39. The minimum absolute atomic E-state index is 0.0488. The second-order valence-electron chi connectivity index (χ2n) is 8.60. The Labute approximate surface area is 173 Å². The Morgan fingerprint density at radius 2 is 1.86 bits per heavy atom. The highest BCUT2D eigenvalue weighted by atomic mass is 19.1. The summed E-state index contributed by atoms with van der Waals surface area (Å²) in [4.78, 5) is 31.4. The van der Waals surface area contributed by atoms with E-state index < -0.39 is 6.04 Å². The molecule has 2 unspecified atom stereocenters. The molecule has 0 spiro atoms. The summed E-state index contributed by atoms with van der Waals surface area (Å²) in [7, 11) is 0. The zero-order chi connectivity index (χ0) is 21.0. The summed E-state index contributed by atoms with van der Waals surface area (Å²) in [5.74, 6) is 0.223. The van der Waals surface area contributed by atoms with E-state index in [4.69, 9.17) is 0 Å². The molecular weight excluding hydrogens is 371 g/mol. The van der Waals surface area contributed by atoms with E-state index >= 15 is 0 Å². The SMILES string of the molecule is CC(=O)N1CC(N(Cc2ccc(F)cc2)CC(C)C)CC1C(=O)N1CCNCC1. The predicted octanol–water partition coefficient (Wildman–Crippen LogP) is 1.70. The van der Waals surface area contributed by atoms with Crippen molar-refractivity contribution < 1.29 is 14.0 Å². The number of carbonyl (C=O) groups is 2. The van der Waals surface area contributed by atoms with Crippen LogP contribution in [0.5, 0.6) is 0 Å². The molecule has 2 aliphatic rings. The largest absolute Gasteiger partial charge is 0.338 e. The quantitative estimate of drug-likeness (QED) is 0.784.